The molecule has 0 atom stereocenters. The fourth-order valence-electron chi connectivity index (χ4n) is 3.77. The lowest BCUT2D eigenvalue weighted by Gasteiger charge is -2.32. The highest BCUT2D eigenvalue weighted by atomic mass is 32.1. The molecule has 0 spiro atoms. The SMILES string of the molecule is CN1CCN(C(=O)c2ccc3nc(C4=C(N)c5ccsc5NC4)[nH]c3c2)CC1. The van der Waals surface area contributed by atoms with Crippen LogP contribution < -0.4 is 11.1 Å². The van der Waals surface area contributed by atoms with E-state index in [0.29, 0.717) is 12.1 Å². The van der Waals surface area contributed by atoms with E-state index in [4.69, 9.17) is 10.7 Å². The Labute approximate surface area is 166 Å². The third-order valence-electron chi connectivity index (χ3n) is 5.51. The third-order valence-corrected chi connectivity index (χ3v) is 6.38. The Hall–Kier alpha value is -2.84. The number of rotatable bonds is 2. The fraction of sp³-hybridized carbons (Fsp3) is 0.300. The zero-order valence-corrected chi connectivity index (χ0v) is 16.5. The highest BCUT2D eigenvalue weighted by molar-refractivity contribution is 7.14. The molecule has 1 aromatic carbocycles. The number of imidazole rings is 1. The van der Waals surface area contributed by atoms with Gasteiger partial charge in [0, 0.05) is 49.4 Å². The molecule has 2 aromatic heterocycles. The topological polar surface area (TPSA) is 90.3 Å². The number of likely N-dealkylation sites (N-methyl/N-ethyl adjacent to an activating group) is 1. The van der Waals surface area contributed by atoms with Crippen molar-refractivity contribution < 1.29 is 4.79 Å². The number of hydrogen-bond donors (Lipinski definition) is 3. The summed E-state index contributed by atoms with van der Waals surface area (Å²) in [6.45, 7) is 3.98. The maximum Gasteiger partial charge on any atom is 0.254 e. The number of benzene rings is 1. The average Bonchev–Trinajstić information content (AvgIpc) is 3.35. The van der Waals surface area contributed by atoms with Crippen LogP contribution in [0.2, 0.25) is 0 Å². The van der Waals surface area contributed by atoms with Crippen LogP contribution in [0, 0.1) is 0 Å². The highest BCUT2D eigenvalue weighted by Gasteiger charge is 2.23. The largest absolute Gasteiger partial charge is 0.398 e. The number of carbonyl (C=O) groups is 1. The molecule has 2 aliphatic heterocycles. The van der Waals surface area contributed by atoms with E-state index in [1.54, 1.807) is 11.3 Å². The normalized spacial score (nSPS) is 17.7. The minimum atomic E-state index is 0.0760. The minimum absolute atomic E-state index is 0.0760. The molecule has 3 aromatic rings. The molecule has 0 radical (unpaired) electrons. The summed E-state index contributed by atoms with van der Waals surface area (Å²) in [5.74, 6) is 0.827. The van der Waals surface area contributed by atoms with Crippen LogP contribution in [0.1, 0.15) is 21.7 Å². The zero-order valence-electron chi connectivity index (χ0n) is 15.7. The number of H-pyrrole nitrogens is 1. The molecule has 1 saturated heterocycles. The van der Waals surface area contributed by atoms with E-state index < -0.39 is 0 Å². The summed E-state index contributed by atoms with van der Waals surface area (Å²) in [6.07, 6.45) is 0. The van der Waals surface area contributed by atoms with Crippen molar-refractivity contribution in [2.24, 2.45) is 5.73 Å². The number of nitrogens with two attached hydrogens (primary N) is 1. The molecule has 144 valence electrons. The van der Waals surface area contributed by atoms with Crippen molar-refractivity contribution in [3.05, 3.63) is 46.6 Å². The molecule has 2 aliphatic rings. The molecular weight excluding hydrogens is 372 g/mol. The number of carbonyl (C=O) groups excluding carboxylic acids is 1. The summed E-state index contributed by atoms with van der Waals surface area (Å²) < 4.78 is 0. The average molecular weight is 395 g/mol. The van der Waals surface area contributed by atoms with Crippen molar-refractivity contribution in [3.63, 3.8) is 0 Å². The zero-order chi connectivity index (χ0) is 19.3. The number of nitrogens with zero attached hydrogens (tertiary/aromatic N) is 3. The van der Waals surface area contributed by atoms with E-state index in [1.165, 1.54) is 0 Å². The van der Waals surface area contributed by atoms with Crippen LogP contribution in [0.3, 0.4) is 0 Å². The van der Waals surface area contributed by atoms with Crippen LogP contribution in [0.25, 0.3) is 22.3 Å². The minimum Gasteiger partial charge on any atom is -0.398 e. The second-order valence-corrected chi connectivity index (χ2v) is 8.24. The van der Waals surface area contributed by atoms with E-state index in [0.717, 1.165) is 64.9 Å². The Bertz CT molecular complexity index is 1090. The molecule has 28 heavy (non-hydrogen) atoms. The molecule has 1 amide bonds. The summed E-state index contributed by atoms with van der Waals surface area (Å²) in [5.41, 5.74) is 11.5. The van der Waals surface area contributed by atoms with Crippen molar-refractivity contribution >= 4 is 44.5 Å². The molecule has 0 unspecified atom stereocenters. The van der Waals surface area contributed by atoms with Crippen LogP contribution in [0.4, 0.5) is 5.00 Å². The number of aromatic amines is 1. The number of nitrogens with one attached hydrogen (secondary N) is 2. The van der Waals surface area contributed by atoms with Crippen LogP contribution >= 0.6 is 11.3 Å². The van der Waals surface area contributed by atoms with Gasteiger partial charge >= 0.3 is 0 Å². The number of anilines is 1. The monoisotopic (exact) mass is 394 g/mol. The molecule has 5 rings (SSSR count). The number of amides is 1. The van der Waals surface area contributed by atoms with Crippen molar-refractivity contribution in [1.82, 2.24) is 19.8 Å². The first-order valence-electron chi connectivity index (χ1n) is 9.38. The predicted octanol–water partition coefficient (Wildman–Crippen LogP) is 2.26. The fourth-order valence-corrected chi connectivity index (χ4v) is 4.57. The first-order chi connectivity index (χ1) is 13.6. The van der Waals surface area contributed by atoms with E-state index in [9.17, 15) is 4.79 Å². The summed E-state index contributed by atoms with van der Waals surface area (Å²) in [6, 6.07) is 7.69. The standard InChI is InChI=1S/C20H22N6OS/c1-25-5-7-26(8-6-25)20(27)12-2-3-15-16(10-12)24-18(23-15)14-11-22-19-13(17(14)21)4-9-28-19/h2-4,9-10,22H,5-8,11,21H2,1H3,(H,23,24). The summed E-state index contributed by atoms with van der Waals surface area (Å²) in [5, 5.41) is 6.52. The van der Waals surface area contributed by atoms with Crippen LogP contribution in [0.5, 0.6) is 0 Å². The highest BCUT2D eigenvalue weighted by Crippen LogP contribution is 2.35. The van der Waals surface area contributed by atoms with Gasteiger partial charge < -0.3 is 25.8 Å². The molecule has 4 N–H and O–H groups in total. The lowest BCUT2D eigenvalue weighted by molar-refractivity contribution is 0.0664. The number of hydrogen-bond acceptors (Lipinski definition) is 6. The number of piperazine rings is 1. The summed E-state index contributed by atoms with van der Waals surface area (Å²) >= 11 is 1.65. The van der Waals surface area contributed by atoms with Crippen molar-refractivity contribution in [2.45, 2.75) is 0 Å². The first kappa shape index (κ1) is 17.3. The van der Waals surface area contributed by atoms with Gasteiger partial charge in [-0.3, -0.25) is 4.79 Å². The van der Waals surface area contributed by atoms with Gasteiger partial charge in [-0.25, -0.2) is 4.98 Å². The van der Waals surface area contributed by atoms with Gasteiger partial charge in [0.05, 0.1) is 21.7 Å². The van der Waals surface area contributed by atoms with Crippen molar-refractivity contribution in [1.29, 1.82) is 0 Å². The van der Waals surface area contributed by atoms with Gasteiger partial charge in [0.25, 0.3) is 5.91 Å². The predicted molar refractivity (Wildman–Crippen MR) is 113 cm³/mol. The Balaban J connectivity index is 1.46. The van der Waals surface area contributed by atoms with Gasteiger partial charge in [0.2, 0.25) is 0 Å². The second kappa shape index (κ2) is 6.65. The van der Waals surface area contributed by atoms with Gasteiger partial charge in [0.15, 0.2) is 0 Å². The van der Waals surface area contributed by atoms with Gasteiger partial charge in [-0.2, -0.15) is 0 Å². The molecule has 4 heterocycles. The smallest absolute Gasteiger partial charge is 0.254 e. The maximum absolute atomic E-state index is 12.9. The van der Waals surface area contributed by atoms with E-state index in [1.807, 2.05) is 34.5 Å². The molecule has 7 nitrogen and oxygen atoms in total. The van der Waals surface area contributed by atoms with Gasteiger partial charge in [-0.15, -0.1) is 11.3 Å². The lowest BCUT2D eigenvalue weighted by Crippen LogP contribution is -2.47. The summed E-state index contributed by atoms with van der Waals surface area (Å²) in [4.78, 5) is 25.1. The molecule has 0 saturated carbocycles. The molecule has 8 heteroatoms. The van der Waals surface area contributed by atoms with Gasteiger partial charge in [-0.05, 0) is 36.7 Å². The lowest BCUT2D eigenvalue weighted by atomic mass is 10.1. The second-order valence-electron chi connectivity index (χ2n) is 7.32. The van der Waals surface area contributed by atoms with E-state index >= 15 is 0 Å². The molecule has 0 bridgehead atoms. The number of fused-ring (bicyclic) bond motifs is 2. The van der Waals surface area contributed by atoms with Crippen LogP contribution in [-0.4, -0.2) is 65.4 Å². The Morgan fingerprint density at radius 1 is 1.21 bits per heavy atom. The van der Waals surface area contributed by atoms with Crippen LogP contribution in [-0.2, 0) is 0 Å². The van der Waals surface area contributed by atoms with Crippen molar-refractivity contribution in [2.75, 3.05) is 45.1 Å². The third kappa shape index (κ3) is 2.85. The molecule has 1 fully saturated rings. The first-order valence-corrected chi connectivity index (χ1v) is 10.3. The van der Waals surface area contributed by atoms with E-state index in [2.05, 4.69) is 22.2 Å². The summed E-state index contributed by atoms with van der Waals surface area (Å²) in [7, 11) is 2.08. The Kier molecular flexibility index (Phi) is 4.10. The quantitative estimate of drug-likeness (QED) is 0.620. The van der Waals surface area contributed by atoms with Crippen molar-refractivity contribution in [3.8, 4) is 0 Å². The Morgan fingerprint density at radius 3 is 2.86 bits per heavy atom. The van der Waals surface area contributed by atoms with E-state index in [-0.39, 0.29) is 5.91 Å². The maximum atomic E-state index is 12.9. The Morgan fingerprint density at radius 2 is 2.04 bits per heavy atom. The molecule has 0 aliphatic carbocycles. The number of aromatic nitrogens is 2. The number of thiophene rings is 1. The van der Waals surface area contributed by atoms with Crippen LogP contribution in [0.15, 0.2) is 29.6 Å². The van der Waals surface area contributed by atoms with Gasteiger partial charge in [-0.1, -0.05) is 0 Å². The molecular formula is C20H22N6OS. The van der Waals surface area contributed by atoms with Gasteiger partial charge in [0.1, 0.15) is 5.82 Å².